The van der Waals surface area contributed by atoms with Crippen molar-refractivity contribution in [2.24, 2.45) is 5.73 Å². The molecule has 0 heterocycles. The molecule has 94 valence electrons. The lowest BCUT2D eigenvalue weighted by atomic mass is 10.1. The molecule has 0 spiro atoms. The standard InChI is InChI=1S/C14H14BrFN2/c15-11-6-4-10(5-7-11)14(9-17)18-13-3-1-2-12(16)8-13/h1-8,14,18H,9,17H2. The van der Waals surface area contributed by atoms with Crippen LogP contribution in [0.15, 0.2) is 53.0 Å². The van der Waals surface area contributed by atoms with Crippen LogP contribution in [0.4, 0.5) is 10.1 Å². The number of nitrogens with one attached hydrogen (secondary N) is 1. The number of nitrogens with two attached hydrogens (primary N) is 1. The molecule has 0 bridgehead atoms. The van der Waals surface area contributed by atoms with Crippen LogP contribution in [0.3, 0.4) is 0 Å². The number of rotatable bonds is 4. The highest BCUT2D eigenvalue weighted by atomic mass is 79.9. The molecule has 1 unspecified atom stereocenters. The zero-order valence-electron chi connectivity index (χ0n) is 9.74. The Kier molecular flexibility index (Phi) is 4.33. The minimum atomic E-state index is -0.258. The van der Waals surface area contributed by atoms with Gasteiger partial charge in [-0.15, -0.1) is 0 Å². The van der Waals surface area contributed by atoms with Gasteiger partial charge in [0, 0.05) is 16.7 Å². The van der Waals surface area contributed by atoms with Crippen molar-refractivity contribution in [2.45, 2.75) is 6.04 Å². The topological polar surface area (TPSA) is 38.0 Å². The lowest BCUT2D eigenvalue weighted by molar-refractivity contribution is 0.627. The second-order valence-corrected chi connectivity index (χ2v) is 4.91. The molecule has 0 aliphatic carbocycles. The van der Waals surface area contributed by atoms with Gasteiger partial charge in [-0.25, -0.2) is 4.39 Å². The number of hydrogen-bond acceptors (Lipinski definition) is 2. The highest BCUT2D eigenvalue weighted by Crippen LogP contribution is 2.21. The molecular formula is C14H14BrFN2. The van der Waals surface area contributed by atoms with Crippen LogP contribution < -0.4 is 11.1 Å². The lowest BCUT2D eigenvalue weighted by Gasteiger charge is -2.18. The second kappa shape index (κ2) is 5.98. The van der Waals surface area contributed by atoms with Crippen LogP contribution in [0.5, 0.6) is 0 Å². The summed E-state index contributed by atoms with van der Waals surface area (Å²) in [5.41, 5.74) is 7.56. The van der Waals surface area contributed by atoms with Gasteiger partial charge in [0.1, 0.15) is 5.82 Å². The zero-order valence-corrected chi connectivity index (χ0v) is 11.3. The maximum atomic E-state index is 13.1. The van der Waals surface area contributed by atoms with Gasteiger partial charge in [0.15, 0.2) is 0 Å². The summed E-state index contributed by atoms with van der Waals surface area (Å²) in [6.45, 7) is 0.443. The summed E-state index contributed by atoms with van der Waals surface area (Å²) < 4.78 is 14.1. The first-order valence-corrected chi connectivity index (χ1v) is 6.46. The molecule has 1 atom stereocenters. The van der Waals surface area contributed by atoms with Crippen LogP contribution in [-0.4, -0.2) is 6.54 Å². The molecule has 3 N–H and O–H groups in total. The van der Waals surface area contributed by atoms with E-state index in [-0.39, 0.29) is 11.9 Å². The molecule has 2 nitrogen and oxygen atoms in total. The van der Waals surface area contributed by atoms with Gasteiger partial charge in [-0.2, -0.15) is 0 Å². The van der Waals surface area contributed by atoms with Crippen LogP contribution >= 0.6 is 15.9 Å². The fourth-order valence-corrected chi connectivity index (χ4v) is 2.02. The van der Waals surface area contributed by atoms with E-state index in [9.17, 15) is 4.39 Å². The van der Waals surface area contributed by atoms with Gasteiger partial charge in [0.05, 0.1) is 6.04 Å². The Bertz CT molecular complexity index is 513. The van der Waals surface area contributed by atoms with Crippen molar-refractivity contribution < 1.29 is 4.39 Å². The first-order chi connectivity index (χ1) is 8.69. The van der Waals surface area contributed by atoms with Crippen LogP contribution in [0.1, 0.15) is 11.6 Å². The van der Waals surface area contributed by atoms with E-state index in [0.29, 0.717) is 6.54 Å². The summed E-state index contributed by atoms with van der Waals surface area (Å²) in [4.78, 5) is 0. The third-order valence-electron chi connectivity index (χ3n) is 2.67. The van der Waals surface area contributed by atoms with E-state index >= 15 is 0 Å². The molecule has 0 fully saturated rings. The molecule has 0 aromatic heterocycles. The van der Waals surface area contributed by atoms with E-state index in [1.807, 2.05) is 30.3 Å². The maximum Gasteiger partial charge on any atom is 0.125 e. The fraction of sp³-hybridized carbons (Fsp3) is 0.143. The van der Waals surface area contributed by atoms with Crippen molar-refractivity contribution in [1.82, 2.24) is 0 Å². The highest BCUT2D eigenvalue weighted by molar-refractivity contribution is 9.10. The van der Waals surface area contributed by atoms with E-state index in [1.54, 1.807) is 6.07 Å². The van der Waals surface area contributed by atoms with Crippen molar-refractivity contribution >= 4 is 21.6 Å². The molecule has 0 saturated heterocycles. The first-order valence-electron chi connectivity index (χ1n) is 5.66. The van der Waals surface area contributed by atoms with Crippen LogP contribution in [0.2, 0.25) is 0 Å². The van der Waals surface area contributed by atoms with Crippen molar-refractivity contribution in [3.63, 3.8) is 0 Å². The minimum Gasteiger partial charge on any atom is -0.377 e. The van der Waals surface area contributed by atoms with Crippen LogP contribution in [0.25, 0.3) is 0 Å². The molecule has 18 heavy (non-hydrogen) atoms. The number of benzene rings is 2. The average Bonchev–Trinajstić information content (AvgIpc) is 2.37. The Morgan fingerprint density at radius 3 is 2.50 bits per heavy atom. The predicted octanol–water partition coefficient (Wildman–Crippen LogP) is 3.70. The number of hydrogen-bond donors (Lipinski definition) is 2. The average molecular weight is 309 g/mol. The zero-order chi connectivity index (χ0) is 13.0. The lowest BCUT2D eigenvalue weighted by Crippen LogP contribution is -2.20. The normalized spacial score (nSPS) is 12.2. The van der Waals surface area contributed by atoms with E-state index in [1.165, 1.54) is 12.1 Å². The van der Waals surface area contributed by atoms with Crippen LogP contribution in [-0.2, 0) is 0 Å². The molecule has 0 aliphatic rings. The fourth-order valence-electron chi connectivity index (χ4n) is 1.75. The molecule has 0 aliphatic heterocycles. The summed E-state index contributed by atoms with van der Waals surface area (Å²) >= 11 is 3.39. The quantitative estimate of drug-likeness (QED) is 0.904. The largest absolute Gasteiger partial charge is 0.377 e. The van der Waals surface area contributed by atoms with E-state index in [4.69, 9.17) is 5.73 Å². The Morgan fingerprint density at radius 1 is 1.17 bits per heavy atom. The van der Waals surface area contributed by atoms with Gasteiger partial charge in [-0.05, 0) is 35.9 Å². The van der Waals surface area contributed by atoms with E-state index in [2.05, 4.69) is 21.2 Å². The van der Waals surface area contributed by atoms with Gasteiger partial charge in [0.2, 0.25) is 0 Å². The Morgan fingerprint density at radius 2 is 1.89 bits per heavy atom. The molecule has 2 aromatic rings. The van der Waals surface area contributed by atoms with Crippen molar-refractivity contribution in [3.8, 4) is 0 Å². The molecular weight excluding hydrogens is 295 g/mol. The second-order valence-electron chi connectivity index (χ2n) is 3.99. The van der Waals surface area contributed by atoms with Crippen molar-refractivity contribution in [1.29, 1.82) is 0 Å². The smallest absolute Gasteiger partial charge is 0.125 e. The van der Waals surface area contributed by atoms with E-state index in [0.717, 1.165) is 15.7 Å². The van der Waals surface area contributed by atoms with Gasteiger partial charge < -0.3 is 11.1 Å². The third-order valence-corrected chi connectivity index (χ3v) is 3.20. The monoisotopic (exact) mass is 308 g/mol. The summed E-state index contributed by atoms with van der Waals surface area (Å²) in [5, 5.41) is 3.22. The summed E-state index contributed by atoms with van der Waals surface area (Å²) in [6.07, 6.45) is 0. The minimum absolute atomic E-state index is 0.0279. The SMILES string of the molecule is NCC(Nc1cccc(F)c1)c1ccc(Br)cc1. The van der Waals surface area contributed by atoms with Crippen LogP contribution in [0, 0.1) is 5.82 Å². The van der Waals surface area contributed by atoms with Gasteiger partial charge in [-0.1, -0.05) is 34.1 Å². The third kappa shape index (κ3) is 3.31. The first kappa shape index (κ1) is 13.1. The van der Waals surface area contributed by atoms with E-state index < -0.39 is 0 Å². The highest BCUT2D eigenvalue weighted by Gasteiger charge is 2.09. The molecule has 2 rings (SSSR count). The summed E-state index contributed by atoms with van der Waals surface area (Å²) in [6, 6.07) is 14.3. The summed E-state index contributed by atoms with van der Waals surface area (Å²) in [5.74, 6) is -0.258. The molecule has 0 saturated carbocycles. The molecule has 2 aromatic carbocycles. The number of halogens is 2. The van der Waals surface area contributed by atoms with Gasteiger partial charge in [-0.3, -0.25) is 0 Å². The maximum absolute atomic E-state index is 13.1. The Balaban J connectivity index is 2.17. The van der Waals surface area contributed by atoms with Crippen molar-refractivity contribution in [3.05, 3.63) is 64.4 Å². The predicted molar refractivity (Wildman–Crippen MR) is 76.0 cm³/mol. The number of anilines is 1. The van der Waals surface area contributed by atoms with Gasteiger partial charge >= 0.3 is 0 Å². The summed E-state index contributed by atoms with van der Waals surface area (Å²) in [7, 11) is 0. The Labute approximate surface area is 114 Å². The van der Waals surface area contributed by atoms with Crippen molar-refractivity contribution in [2.75, 3.05) is 11.9 Å². The molecule has 4 heteroatoms. The Hall–Kier alpha value is -1.39. The molecule has 0 radical (unpaired) electrons. The van der Waals surface area contributed by atoms with Gasteiger partial charge in [0.25, 0.3) is 0 Å². The molecule has 0 amide bonds.